The maximum atomic E-state index is 13.4. The molecule has 0 radical (unpaired) electrons. The second kappa shape index (κ2) is 9.12. The molecule has 0 saturated carbocycles. The van der Waals surface area contributed by atoms with E-state index in [2.05, 4.69) is 10.8 Å². The molecule has 0 bridgehead atoms. The quantitative estimate of drug-likeness (QED) is 0.390. The zero-order chi connectivity index (χ0) is 25.6. The highest BCUT2D eigenvalue weighted by molar-refractivity contribution is 7.88. The minimum atomic E-state index is -3.27. The van der Waals surface area contributed by atoms with Gasteiger partial charge in [-0.05, 0) is 42.8 Å². The van der Waals surface area contributed by atoms with Crippen LogP contribution in [0.3, 0.4) is 0 Å². The number of rotatable bonds is 7. The molecule has 5 rings (SSSR count). The summed E-state index contributed by atoms with van der Waals surface area (Å²) < 4.78 is 40.7. The van der Waals surface area contributed by atoms with Crippen molar-refractivity contribution in [1.29, 1.82) is 5.26 Å². The molecule has 0 spiro atoms. The number of imidazole rings is 1. The van der Waals surface area contributed by atoms with Crippen molar-refractivity contribution in [3.05, 3.63) is 52.8 Å². The second-order valence-corrected chi connectivity index (χ2v) is 11.3. The Morgan fingerprint density at radius 1 is 1.22 bits per heavy atom. The van der Waals surface area contributed by atoms with Gasteiger partial charge in [-0.15, -0.1) is 5.10 Å². The van der Waals surface area contributed by atoms with Gasteiger partial charge in [0.2, 0.25) is 10.0 Å². The molecule has 1 N–H and O–H groups in total. The van der Waals surface area contributed by atoms with Crippen molar-refractivity contribution in [1.82, 2.24) is 24.3 Å². The van der Waals surface area contributed by atoms with Crippen LogP contribution in [-0.2, 0) is 16.4 Å². The first kappa shape index (κ1) is 24.1. The van der Waals surface area contributed by atoms with Crippen LogP contribution >= 0.6 is 11.3 Å². The van der Waals surface area contributed by atoms with E-state index in [0.717, 1.165) is 17.8 Å². The molecule has 186 valence electrons. The summed E-state index contributed by atoms with van der Waals surface area (Å²) in [4.78, 5) is 13.7. The molecule has 0 amide bonds. The Morgan fingerprint density at radius 2 is 1.94 bits per heavy atom. The molecule has 1 aliphatic rings. The topological polar surface area (TPSA) is 120 Å². The number of aromatic nitrogens is 4. The summed E-state index contributed by atoms with van der Waals surface area (Å²) >= 11 is 1.24. The van der Waals surface area contributed by atoms with Crippen LogP contribution < -0.4 is 14.5 Å². The molecule has 3 aromatic heterocycles. The lowest BCUT2D eigenvalue weighted by Crippen LogP contribution is -2.59. The number of nitrogens with zero attached hydrogens (tertiary/aromatic N) is 7. The zero-order valence-electron chi connectivity index (χ0n) is 19.8. The third kappa shape index (κ3) is 4.50. The molecule has 4 aromatic rings. The fourth-order valence-electron chi connectivity index (χ4n) is 4.16. The van der Waals surface area contributed by atoms with E-state index in [-0.39, 0.29) is 11.9 Å². The van der Waals surface area contributed by atoms with Crippen molar-refractivity contribution < 1.29 is 12.8 Å². The lowest BCUT2D eigenvalue weighted by Gasteiger charge is -2.39. The van der Waals surface area contributed by atoms with E-state index in [1.165, 1.54) is 23.5 Å². The molecule has 1 aromatic carbocycles. The molecule has 0 atom stereocenters. The molecular formula is C23H23FN8O2S2. The number of hydrogen-bond donors (Lipinski definition) is 1. The van der Waals surface area contributed by atoms with Crippen molar-refractivity contribution in [2.45, 2.75) is 19.4 Å². The highest BCUT2D eigenvalue weighted by Gasteiger charge is 2.31. The minimum Gasteiger partial charge on any atom is -0.352 e. The molecule has 0 aliphatic carbocycles. The monoisotopic (exact) mass is 526 g/mol. The van der Waals surface area contributed by atoms with Gasteiger partial charge in [-0.2, -0.15) is 9.78 Å². The highest BCUT2D eigenvalue weighted by Crippen LogP contribution is 2.37. The van der Waals surface area contributed by atoms with Crippen LogP contribution in [0.25, 0.3) is 16.9 Å². The van der Waals surface area contributed by atoms with Crippen LogP contribution in [0.1, 0.15) is 17.5 Å². The summed E-state index contributed by atoms with van der Waals surface area (Å²) in [5.74, 6) is 1.07. The first-order valence-electron chi connectivity index (χ1n) is 11.2. The van der Waals surface area contributed by atoms with E-state index < -0.39 is 10.0 Å². The van der Waals surface area contributed by atoms with Gasteiger partial charge in [0, 0.05) is 25.7 Å². The molecule has 1 aliphatic heterocycles. The standard InChI is InChI=1S/C23H23FN8O2S2/c1-4-17-22(30(2)23-27-21(18(11-25)35-23)14-5-7-15(24)8-6-14)32-19(26-17)9-10-20(28-32)31-12-16(13-31)29-36(3,33)34/h5-10,16,29H,4,12-13H2,1-3H3. The number of hydrogen-bond acceptors (Lipinski definition) is 9. The van der Waals surface area contributed by atoms with Crippen LogP contribution in [-0.4, -0.2) is 60.4 Å². The van der Waals surface area contributed by atoms with E-state index in [0.29, 0.717) is 52.2 Å². The lowest BCUT2D eigenvalue weighted by molar-refractivity contribution is 0.466. The van der Waals surface area contributed by atoms with Gasteiger partial charge in [0.1, 0.15) is 28.3 Å². The van der Waals surface area contributed by atoms with Crippen molar-refractivity contribution in [3.63, 3.8) is 0 Å². The largest absolute Gasteiger partial charge is 0.352 e. The summed E-state index contributed by atoms with van der Waals surface area (Å²) in [5.41, 5.74) is 2.64. The molecular weight excluding hydrogens is 503 g/mol. The number of nitriles is 1. The van der Waals surface area contributed by atoms with Crippen LogP contribution in [0.15, 0.2) is 36.4 Å². The summed E-state index contributed by atoms with van der Waals surface area (Å²) in [6.45, 7) is 3.04. The Kier molecular flexibility index (Phi) is 6.11. The van der Waals surface area contributed by atoms with Gasteiger partial charge in [-0.3, -0.25) is 0 Å². The Labute approximate surface area is 211 Å². The maximum Gasteiger partial charge on any atom is 0.209 e. The minimum absolute atomic E-state index is 0.154. The van der Waals surface area contributed by atoms with Crippen LogP contribution in [0.4, 0.5) is 21.2 Å². The maximum absolute atomic E-state index is 13.4. The van der Waals surface area contributed by atoms with Crippen LogP contribution in [0, 0.1) is 17.1 Å². The number of halogens is 1. The van der Waals surface area contributed by atoms with Gasteiger partial charge in [0.25, 0.3) is 0 Å². The fourth-order valence-corrected chi connectivity index (χ4v) is 5.77. The second-order valence-electron chi connectivity index (χ2n) is 8.54. The average Bonchev–Trinajstić information content (AvgIpc) is 3.41. The number of thiazole rings is 1. The first-order chi connectivity index (χ1) is 17.2. The van der Waals surface area contributed by atoms with Crippen molar-refractivity contribution in [3.8, 4) is 17.3 Å². The molecule has 1 saturated heterocycles. The number of aryl methyl sites for hydroxylation is 1. The number of fused-ring (bicyclic) bond motifs is 1. The fraction of sp³-hybridized carbons (Fsp3) is 0.304. The summed E-state index contributed by atoms with van der Waals surface area (Å²) in [6, 6.07) is 11.7. The average molecular weight is 527 g/mol. The predicted molar refractivity (Wildman–Crippen MR) is 137 cm³/mol. The van der Waals surface area contributed by atoms with Crippen LogP contribution in [0.5, 0.6) is 0 Å². The van der Waals surface area contributed by atoms with Gasteiger partial charge >= 0.3 is 0 Å². The predicted octanol–water partition coefficient (Wildman–Crippen LogP) is 2.93. The molecule has 0 unspecified atom stereocenters. The van der Waals surface area contributed by atoms with Gasteiger partial charge in [0.05, 0.1) is 18.0 Å². The number of nitrogens with one attached hydrogen (secondary N) is 1. The summed E-state index contributed by atoms with van der Waals surface area (Å²) in [5, 5.41) is 15.1. The number of anilines is 3. The summed E-state index contributed by atoms with van der Waals surface area (Å²) in [7, 11) is -1.42. The Hall–Kier alpha value is -3.60. The molecule has 13 heteroatoms. The molecule has 1 fully saturated rings. The van der Waals surface area contributed by atoms with Gasteiger partial charge in [0.15, 0.2) is 16.6 Å². The molecule has 36 heavy (non-hydrogen) atoms. The molecule has 4 heterocycles. The Balaban J connectivity index is 1.50. The summed E-state index contributed by atoms with van der Waals surface area (Å²) in [6.07, 6.45) is 1.81. The van der Waals surface area contributed by atoms with Crippen molar-refractivity contribution >= 4 is 43.8 Å². The first-order valence-corrected chi connectivity index (χ1v) is 13.9. The molecule has 10 nitrogen and oxygen atoms in total. The SMILES string of the molecule is CCc1nc2ccc(N3CC(NS(C)(=O)=O)C3)nn2c1N(C)c1nc(-c2ccc(F)cc2)c(C#N)s1. The van der Waals surface area contributed by atoms with Gasteiger partial charge in [-0.1, -0.05) is 18.3 Å². The zero-order valence-corrected chi connectivity index (χ0v) is 21.4. The Morgan fingerprint density at radius 3 is 2.58 bits per heavy atom. The van der Waals surface area contributed by atoms with E-state index in [4.69, 9.17) is 15.1 Å². The number of sulfonamides is 1. The van der Waals surface area contributed by atoms with Crippen molar-refractivity contribution in [2.24, 2.45) is 0 Å². The van der Waals surface area contributed by atoms with Gasteiger partial charge < -0.3 is 9.80 Å². The number of benzene rings is 1. The van der Waals surface area contributed by atoms with Gasteiger partial charge in [-0.25, -0.2) is 27.5 Å². The van der Waals surface area contributed by atoms with E-state index >= 15 is 0 Å². The smallest absolute Gasteiger partial charge is 0.209 e. The van der Waals surface area contributed by atoms with E-state index in [9.17, 15) is 18.1 Å². The third-order valence-electron chi connectivity index (χ3n) is 5.87. The highest BCUT2D eigenvalue weighted by atomic mass is 32.2. The van der Waals surface area contributed by atoms with Crippen LogP contribution in [0.2, 0.25) is 0 Å². The Bertz CT molecular complexity index is 1580. The normalized spacial score (nSPS) is 14.1. The third-order valence-corrected chi connectivity index (χ3v) is 7.67. The van der Waals surface area contributed by atoms with E-state index in [1.807, 2.05) is 35.9 Å². The lowest BCUT2D eigenvalue weighted by atomic mass is 10.1. The van der Waals surface area contributed by atoms with Crippen molar-refractivity contribution in [2.75, 3.05) is 36.2 Å². The van der Waals surface area contributed by atoms with E-state index in [1.54, 1.807) is 16.6 Å².